The molecule has 3 aromatic rings. The highest BCUT2D eigenvalue weighted by atomic mass is 16.2. The normalized spacial score (nSPS) is 17.9. The van der Waals surface area contributed by atoms with Crippen LogP contribution >= 0.6 is 0 Å². The van der Waals surface area contributed by atoms with Crippen molar-refractivity contribution in [3.05, 3.63) is 89.7 Å². The lowest BCUT2D eigenvalue weighted by Crippen LogP contribution is -2.41. The number of nitrogens with zero attached hydrogens (tertiary/aromatic N) is 2. The smallest absolute Gasteiger partial charge is 0.251 e. The molecule has 0 aliphatic heterocycles. The van der Waals surface area contributed by atoms with E-state index in [2.05, 4.69) is 34.6 Å². The van der Waals surface area contributed by atoms with Gasteiger partial charge in [-0.3, -0.25) is 14.6 Å². The van der Waals surface area contributed by atoms with E-state index in [4.69, 9.17) is 0 Å². The first-order chi connectivity index (χ1) is 16.5. The van der Waals surface area contributed by atoms with Gasteiger partial charge in [-0.05, 0) is 92.9 Å². The van der Waals surface area contributed by atoms with E-state index in [0.29, 0.717) is 23.7 Å². The maximum Gasteiger partial charge on any atom is 0.251 e. The Labute approximate surface area is 201 Å². The van der Waals surface area contributed by atoms with Gasteiger partial charge in [-0.2, -0.15) is 0 Å². The van der Waals surface area contributed by atoms with Crippen LogP contribution in [-0.4, -0.2) is 47.9 Å². The summed E-state index contributed by atoms with van der Waals surface area (Å²) in [6.45, 7) is 0.361. The van der Waals surface area contributed by atoms with Gasteiger partial charge in [0.15, 0.2) is 0 Å². The Kier molecular flexibility index (Phi) is 7.70. The SMILES string of the molecule is CN(C)C1CCC(NC(=O)c2cccc(CNC(=O)c3ccc(-c4ccncc4)cc3)c2)CC1. The first-order valence-corrected chi connectivity index (χ1v) is 11.8. The number of hydrogen-bond acceptors (Lipinski definition) is 4. The molecule has 1 aliphatic carbocycles. The number of carbonyl (C=O) groups excluding carboxylic acids is 2. The standard InChI is InChI=1S/C28H32N4O2/c1-32(2)26-12-10-25(11-13-26)31-28(34)24-5-3-4-20(18-24)19-30-27(33)23-8-6-21(7-9-23)22-14-16-29-17-15-22/h3-9,14-18,25-26H,10-13,19H2,1-2H3,(H,30,33)(H,31,34). The average molecular weight is 457 g/mol. The molecule has 1 aromatic heterocycles. The molecule has 1 heterocycles. The molecule has 0 spiro atoms. The van der Waals surface area contributed by atoms with E-state index in [9.17, 15) is 9.59 Å². The number of hydrogen-bond donors (Lipinski definition) is 2. The zero-order chi connectivity index (χ0) is 23.9. The summed E-state index contributed by atoms with van der Waals surface area (Å²) in [5, 5.41) is 6.13. The van der Waals surface area contributed by atoms with Crippen molar-refractivity contribution in [2.24, 2.45) is 0 Å². The second kappa shape index (κ2) is 11.1. The number of nitrogens with one attached hydrogen (secondary N) is 2. The molecule has 2 amide bonds. The molecule has 1 aliphatic rings. The molecule has 0 atom stereocenters. The fourth-order valence-electron chi connectivity index (χ4n) is 4.47. The summed E-state index contributed by atoms with van der Waals surface area (Å²) < 4.78 is 0. The van der Waals surface area contributed by atoms with E-state index in [1.165, 1.54) is 0 Å². The highest BCUT2D eigenvalue weighted by Crippen LogP contribution is 2.22. The van der Waals surface area contributed by atoms with Crippen LogP contribution in [0.3, 0.4) is 0 Å². The summed E-state index contributed by atoms with van der Waals surface area (Å²) >= 11 is 0. The van der Waals surface area contributed by atoms with Crippen LogP contribution in [0.1, 0.15) is 52.0 Å². The molecule has 6 nitrogen and oxygen atoms in total. The number of carbonyl (C=O) groups is 2. The molecule has 2 aromatic carbocycles. The molecule has 4 rings (SSSR count). The van der Waals surface area contributed by atoms with E-state index < -0.39 is 0 Å². The van der Waals surface area contributed by atoms with Crippen molar-refractivity contribution < 1.29 is 9.59 Å². The summed E-state index contributed by atoms with van der Waals surface area (Å²) in [7, 11) is 4.23. The van der Waals surface area contributed by atoms with Crippen molar-refractivity contribution in [3.8, 4) is 11.1 Å². The zero-order valence-corrected chi connectivity index (χ0v) is 19.8. The largest absolute Gasteiger partial charge is 0.349 e. The van der Waals surface area contributed by atoms with E-state index in [1.54, 1.807) is 12.4 Å². The van der Waals surface area contributed by atoms with Crippen LogP contribution in [0, 0.1) is 0 Å². The Hall–Kier alpha value is -3.51. The number of pyridine rings is 1. The molecule has 1 fully saturated rings. The van der Waals surface area contributed by atoms with Gasteiger partial charge in [0, 0.05) is 42.1 Å². The van der Waals surface area contributed by atoms with Crippen LogP contribution in [0.2, 0.25) is 0 Å². The summed E-state index contributed by atoms with van der Waals surface area (Å²) in [6.07, 6.45) is 7.72. The summed E-state index contributed by atoms with van der Waals surface area (Å²) in [5.41, 5.74) is 4.21. The van der Waals surface area contributed by atoms with Crippen molar-refractivity contribution >= 4 is 11.8 Å². The topological polar surface area (TPSA) is 74.3 Å². The quantitative estimate of drug-likeness (QED) is 0.557. The fourth-order valence-corrected chi connectivity index (χ4v) is 4.47. The average Bonchev–Trinajstić information content (AvgIpc) is 2.88. The minimum Gasteiger partial charge on any atom is -0.349 e. The van der Waals surface area contributed by atoms with Gasteiger partial charge in [-0.25, -0.2) is 0 Å². The minimum atomic E-state index is -0.145. The Morgan fingerprint density at radius 2 is 1.53 bits per heavy atom. The highest BCUT2D eigenvalue weighted by molar-refractivity contribution is 5.95. The van der Waals surface area contributed by atoms with Crippen LogP contribution in [0.15, 0.2) is 73.1 Å². The van der Waals surface area contributed by atoms with Gasteiger partial charge < -0.3 is 15.5 Å². The van der Waals surface area contributed by atoms with E-state index in [-0.39, 0.29) is 17.9 Å². The lowest BCUT2D eigenvalue weighted by molar-refractivity contribution is 0.0915. The Morgan fingerprint density at radius 3 is 2.21 bits per heavy atom. The maximum absolute atomic E-state index is 12.8. The summed E-state index contributed by atoms with van der Waals surface area (Å²) in [5.74, 6) is -0.193. The van der Waals surface area contributed by atoms with Gasteiger partial charge in [0.25, 0.3) is 11.8 Å². The van der Waals surface area contributed by atoms with Crippen molar-refractivity contribution in [1.82, 2.24) is 20.5 Å². The monoisotopic (exact) mass is 456 g/mol. The van der Waals surface area contributed by atoms with Crippen LogP contribution < -0.4 is 10.6 Å². The Bertz CT molecular complexity index is 1100. The lowest BCUT2D eigenvalue weighted by atomic mass is 9.90. The van der Waals surface area contributed by atoms with Crippen molar-refractivity contribution in [1.29, 1.82) is 0 Å². The fraction of sp³-hybridized carbons (Fsp3) is 0.321. The molecular formula is C28H32N4O2. The van der Waals surface area contributed by atoms with Crippen LogP contribution in [-0.2, 0) is 6.54 Å². The Balaban J connectivity index is 1.30. The first kappa shape index (κ1) is 23.6. The van der Waals surface area contributed by atoms with Crippen molar-refractivity contribution in [2.75, 3.05) is 14.1 Å². The molecule has 6 heteroatoms. The van der Waals surface area contributed by atoms with E-state index in [0.717, 1.165) is 42.4 Å². The second-order valence-electron chi connectivity index (χ2n) is 9.14. The zero-order valence-electron chi connectivity index (χ0n) is 19.8. The van der Waals surface area contributed by atoms with Crippen LogP contribution in [0.4, 0.5) is 0 Å². The molecule has 0 radical (unpaired) electrons. The molecule has 34 heavy (non-hydrogen) atoms. The van der Waals surface area contributed by atoms with E-state index in [1.807, 2.05) is 60.7 Å². The summed E-state index contributed by atoms with van der Waals surface area (Å²) in [4.78, 5) is 31.7. The van der Waals surface area contributed by atoms with Gasteiger partial charge in [0.2, 0.25) is 0 Å². The lowest BCUT2D eigenvalue weighted by Gasteiger charge is -2.33. The molecule has 0 bridgehead atoms. The predicted molar refractivity (Wildman–Crippen MR) is 134 cm³/mol. The third-order valence-electron chi connectivity index (χ3n) is 6.57. The van der Waals surface area contributed by atoms with Gasteiger partial charge >= 0.3 is 0 Å². The van der Waals surface area contributed by atoms with Gasteiger partial charge in [-0.15, -0.1) is 0 Å². The number of amides is 2. The number of aromatic nitrogens is 1. The molecule has 1 saturated carbocycles. The maximum atomic E-state index is 12.8. The summed E-state index contributed by atoms with van der Waals surface area (Å²) in [6, 6.07) is 19.7. The molecule has 0 unspecified atom stereocenters. The molecule has 2 N–H and O–H groups in total. The third kappa shape index (κ3) is 6.08. The van der Waals surface area contributed by atoms with Crippen molar-refractivity contribution in [3.63, 3.8) is 0 Å². The minimum absolute atomic E-state index is 0.0480. The number of rotatable bonds is 7. The third-order valence-corrected chi connectivity index (χ3v) is 6.57. The predicted octanol–water partition coefficient (Wildman–Crippen LogP) is 4.28. The van der Waals surface area contributed by atoms with E-state index >= 15 is 0 Å². The van der Waals surface area contributed by atoms with Gasteiger partial charge in [0.1, 0.15) is 0 Å². The Morgan fingerprint density at radius 1 is 0.853 bits per heavy atom. The van der Waals surface area contributed by atoms with Crippen LogP contribution in [0.25, 0.3) is 11.1 Å². The van der Waals surface area contributed by atoms with Gasteiger partial charge in [-0.1, -0.05) is 24.3 Å². The van der Waals surface area contributed by atoms with Gasteiger partial charge in [0.05, 0.1) is 0 Å². The first-order valence-electron chi connectivity index (χ1n) is 11.8. The molecule has 176 valence electrons. The van der Waals surface area contributed by atoms with Crippen LogP contribution in [0.5, 0.6) is 0 Å². The van der Waals surface area contributed by atoms with Crippen molar-refractivity contribution in [2.45, 2.75) is 44.3 Å². The highest BCUT2D eigenvalue weighted by Gasteiger charge is 2.23. The second-order valence-corrected chi connectivity index (χ2v) is 9.14. The molecular weight excluding hydrogens is 424 g/mol. The molecule has 0 saturated heterocycles. The number of benzene rings is 2.